The van der Waals surface area contributed by atoms with Gasteiger partial charge in [-0.2, -0.15) is 0 Å². The molecule has 8 heteroatoms. The van der Waals surface area contributed by atoms with Crippen LogP contribution in [0.25, 0.3) is 0 Å². The minimum Gasteiger partial charge on any atom is -0.478 e. The molecule has 1 aliphatic carbocycles. The molecule has 1 fully saturated rings. The highest BCUT2D eigenvalue weighted by atomic mass is 32.2. The Balaban J connectivity index is 1.70. The molecule has 0 radical (unpaired) electrons. The third-order valence-electron chi connectivity index (χ3n) is 6.39. The van der Waals surface area contributed by atoms with Crippen molar-refractivity contribution in [2.24, 2.45) is 0 Å². The van der Waals surface area contributed by atoms with E-state index in [1.54, 1.807) is 0 Å². The second kappa shape index (κ2) is 6.60. The van der Waals surface area contributed by atoms with Crippen LogP contribution in [-0.4, -0.2) is 68.1 Å². The molecule has 0 aromatic heterocycles. The van der Waals surface area contributed by atoms with E-state index in [1.807, 2.05) is 17.4 Å². The van der Waals surface area contributed by atoms with E-state index in [-0.39, 0.29) is 17.1 Å². The number of carbonyl (C=O) groups is 2. The number of carboxylic acids is 1. The van der Waals surface area contributed by atoms with E-state index < -0.39 is 17.6 Å². The summed E-state index contributed by atoms with van der Waals surface area (Å²) >= 11 is 1.32. The average Bonchev–Trinajstić information content (AvgIpc) is 3.10. The number of anilines is 2. The molecule has 1 aromatic carbocycles. The molecule has 0 bridgehead atoms. The van der Waals surface area contributed by atoms with Crippen molar-refractivity contribution in [3.63, 3.8) is 0 Å². The first-order valence-electron chi connectivity index (χ1n) is 9.85. The Kier molecular flexibility index (Phi) is 4.25. The van der Waals surface area contributed by atoms with Crippen LogP contribution in [0.5, 0.6) is 0 Å². The fourth-order valence-electron chi connectivity index (χ4n) is 4.99. The largest absolute Gasteiger partial charge is 0.478 e. The van der Waals surface area contributed by atoms with Crippen molar-refractivity contribution in [1.82, 2.24) is 4.90 Å². The Hall–Kier alpha value is -2.32. The van der Waals surface area contributed by atoms with Crippen molar-refractivity contribution in [2.75, 3.05) is 56.1 Å². The molecule has 5 rings (SSSR count). The fourth-order valence-corrected chi connectivity index (χ4v) is 6.18. The molecule has 152 valence electrons. The molecule has 1 aromatic rings. The predicted molar refractivity (Wildman–Crippen MR) is 111 cm³/mol. The number of Topliss-reactive ketones (excluding diaryl/α,β-unsaturated/α-hetero) is 1. The first kappa shape index (κ1) is 18.7. The number of likely N-dealkylation sites (N-methyl/N-ethyl adjacent to an activating group) is 2. The number of thioether (sulfide) groups is 1. The summed E-state index contributed by atoms with van der Waals surface area (Å²) in [6, 6.07) is 1.27. The summed E-state index contributed by atoms with van der Waals surface area (Å²) in [5.74, 6) is -2.52. The van der Waals surface area contributed by atoms with Crippen LogP contribution in [-0.2, 0) is 4.79 Å². The molecule has 3 heterocycles. The molecule has 1 saturated heterocycles. The van der Waals surface area contributed by atoms with E-state index in [0.717, 1.165) is 49.5 Å². The van der Waals surface area contributed by atoms with Gasteiger partial charge in [-0.15, -0.1) is 11.8 Å². The smallest absolute Gasteiger partial charge is 0.340 e. The molecular weight excluding hydrogens is 393 g/mol. The van der Waals surface area contributed by atoms with Crippen LogP contribution in [0.2, 0.25) is 0 Å². The average molecular weight is 415 g/mol. The third-order valence-corrected chi connectivity index (χ3v) is 7.51. The van der Waals surface area contributed by atoms with Crippen molar-refractivity contribution in [1.29, 1.82) is 0 Å². The number of ketones is 1. The Morgan fingerprint density at radius 1 is 1.28 bits per heavy atom. The lowest BCUT2D eigenvalue weighted by atomic mass is 9.75. The maximum atomic E-state index is 15.4. The zero-order valence-electron chi connectivity index (χ0n) is 16.4. The fraction of sp³-hybridized carbons (Fsp3) is 0.429. The Morgan fingerprint density at radius 2 is 2.00 bits per heavy atom. The number of benzene rings is 1. The SMILES string of the molecule is CCN1CCN(c2c(F)cc3c4c2N(C)CC2=CSC(=C(C(=O)O)C3=O)C24)CC1. The number of hydrogen-bond acceptors (Lipinski definition) is 6. The minimum atomic E-state index is -1.24. The van der Waals surface area contributed by atoms with Gasteiger partial charge in [-0.05, 0) is 23.6 Å². The minimum absolute atomic E-state index is 0.194. The summed E-state index contributed by atoms with van der Waals surface area (Å²) in [5, 5.41) is 11.6. The summed E-state index contributed by atoms with van der Waals surface area (Å²) in [5.41, 5.74) is 3.11. The van der Waals surface area contributed by atoms with E-state index in [1.165, 1.54) is 17.8 Å². The number of piperazine rings is 1. The van der Waals surface area contributed by atoms with Gasteiger partial charge in [-0.3, -0.25) is 4.79 Å². The number of hydrogen-bond donors (Lipinski definition) is 1. The van der Waals surface area contributed by atoms with Gasteiger partial charge in [0.2, 0.25) is 5.78 Å². The van der Waals surface area contributed by atoms with Crippen LogP contribution in [0.3, 0.4) is 0 Å². The van der Waals surface area contributed by atoms with E-state index in [2.05, 4.69) is 16.7 Å². The highest BCUT2D eigenvalue weighted by Gasteiger charge is 2.47. The summed E-state index contributed by atoms with van der Waals surface area (Å²) in [6.45, 7) is 6.88. The van der Waals surface area contributed by atoms with Crippen molar-refractivity contribution in [3.05, 3.63) is 44.5 Å². The van der Waals surface area contributed by atoms with Crippen molar-refractivity contribution >= 4 is 34.9 Å². The molecule has 0 spiro atoms. The lowest BCUT2D eigenvalue weighted by Crippen LogP contribution is -2.47. The summed E-state index contributed by atoms with van der Waals surface area (Å²) in [7, 11) is 1.92. The van der Waals surface area contributed by atoms with Gasteiger partial charge in [0.1, 0.15) is 11.4 Å². The van der Waals surface area contributed by atoms with Crippen LogP contribution < -0.4 is 9.80 Å². The van der Waals surface area contributed by atoms with Crippen molar-refractivity contribution in [2.45, 2.75) is 12.8 Å². The molecule has 1 unspecified atom stereocenters. The van der Waals surface area contributed by atoms with E-state index in [0.29, 0.717) is 17.1 Å². The summed E-state index contributed by atoms with van der Waals surface area (Å²) in [4.78, 5) is 31.8. The standard InChI is InChI=1S/C21H22FN3O3S/c1-3-24-4-6-25(7-5-24)17-13(22)8-12-15-14-11(9-23(2)18(15)17)10-29-20(14)16(19(12)26)21(27)28/h8,10,14H,3-7,9H2,1-2H3,(H,27,28). The number of nitrogens with zero attached hydrogens (tertiary/aromatic N) is 3. The van der Waals surface area contributed by atoms with E-state index in [4.69, 9.17) is 0 Å². The van der Waals surface area contributed by atoms with Crippen LogP contribution >= 0.6 is 11.8 Å². The lowest BCUT2D eigenvalue weighted by Gasteiger charge is -2.42. The highest BCUT2D eigenvalue weighted by molar-refractivity contribution is 8.06. The number of rotatable bonds is 3. The molecule has 0 amide bonds. The van der Waals surface area contributed by atoms with Gasteiger partial charge < -0.3 is 19.8 Å². The number of carboxylic acid groups (broad SMARTS) is 1. The number of carbonyl (C=O) groups excluding carboxylic acids is 1. The van der Waals surface area contributed by atoms with Gasteiger partial charge in [-0.25, -0.2) is 9.18 Å². The van der Waals surface area contributed by atoms with E-state index >= 15 is 4.39 Å². The second-order valence-corrected chi connectivity index (χ2v) is 8.82. The van der Waals surface area contributed by atoms with Crippen molar-refractivity contribution < 1.29 is 19.1 Å². The maximum Gasteiger partial charge on any atom is 0.340 e. The molecule has 1 atom stereocenters. The number of aliphatic carboxylic acids is 1. The van der Waals surface area contributed by atoms with Gasteiger partial charge in [-0.1, -0.05) is 6.92 Å². The maximum absolute atomic E-state index is 15.4. The van der Waals surface area contributed by atoms with Gasteiger partial charge >= 0.3 is 5.97 Å². The van der Waals surface area contributed by atoms with Gasteiger partial charge in [0.15, 0.2) is 0 Å². The van der Waals surface area contributed by atoms with Gasteiger partial charge in [0, 0.05) is 61.7 Å². The Morgan fingerprint density at radius 3 is 2.66 bits per heavy atom. The Labute approximate surface area is 172 Å². The van der Waals surface area contributed by atoms with Crippen LogP contribution in [0.1, 0.15) is 28.8 Å². The van der Waals surface area contributed by atoms with Gasteiger partial charge in [0.05, 0.1) is 11.4 Å². The molecule has 1 N–H and O–H groups in total. The predicted octanol–water partition coefficient (Wildman–Crippen LogP) is 2.67. The monoisotopic (exact) mass is 415 g/mol. The highest BCUT2D eigenvalue weighted by Crippen LogP contribution is 2.58. The third kappa shape index (κ3) is 2.58. The zero-order chi connectivity index (χ0) is 20.4. The normalized spacial score (nSPS) is 23.5. The molecule has 29 heavy (non-hydrogen) atoms. The summed E-state index contributed by atoms with van der Waals surface area (Å²) < 4.78 is 15.4. The summed E-state index contributed by atoms with van der Waals surface area (Å²) in [6.07, 6.45) is 0. The zero-order valence-corrected chi connectivity index (χ0v) is 17.2. The van der Waals surface area contributed by atoms with Crippen molar-refractivity contribution in [3.8, 4) is 0 Å². The molecular formula is C21H22FN3O3S. The van der Waals surface area contributed by atoms with Crippen LogP contribution in [0, 0.1) is 5.82 Å². The molecule has 3 aliphatic heterocycles. The van der Waals surface area contributed by atoms with Gasteiger partial charge in [0.25, 0.3) is 0 Å². The van der Waals surface area contributed by atoms with Crippen LogP contribution in [0.15, 0.2) is 27.5 Å². The first-order valence-corrected chi connectivity index (χ1v) is 10.7. The molecule has 0 saturated carbocycles. The molecule has 6 nitrogen and oxygen atoms in total. The van der Waals surface area contributed by atoms with E-state index in [9.17, 15) is 14.7 Å². The quantitative estimate of drug-likeness (QED) is 0.762. The first-order chi connectivity index (χ1) is 13.9. The topological polar surface area (TPSA) is 64.1 Å². The lowest BCUT2D eigenvalue weighted by molar-refractivity contribution is -0.132. The second-order valence-electron chi connectivity index (χ2n) is 7.91. The number of allylic oxidation sites excluding steroid dienone is 1. The molecule has 4 aliphatic rings. The Bertz CT molecular complexity index is 1010. The number of halogens is 1. The van der Waals surface area contributed by atoms with Crippen LogP contribution in [0.4, 0.5) is 15.8 Å².